The zero-order chi connectivity index (χ0) is 12.1. The molecule has 0 amide bonds. The van der Waals surface area contributed by atoms with Crippen LogP contribution in [0.15, 0.2) is 34.8 Å². The second kappa shape index (κ2) is 4.95. The van der Waals surface area contributed by atoms with Crippen LogP contribution >= 0.6 is 0 Å². The van der Waals surface area contributed by atoms with Crippen LogP contribution in [0.4, 0.5) is 0 Å². The van der Waals surface area contributed by atoms with Gasteiger partial charge in [-0.1, -0.05) is 0 Å². The van der Waals surface area contributed by atoms with E-state index in [4.69, 9.17) is 15.3 Å². The average molecular weight is 214 g/mol. The standard InChI is InChI=1S/C12H10N2O2/c1-8-5-10(6-9(2)16-8)11(7-14)12(15)3-4-13/h5-6H,3H2,1-2H3. The molecule has 0 radical (unpaired) electrons. The molecule has 1 heterocycles. The van der Waals surface area contributed by atoms with Crippen molar-refractivity contribution >= 4 is 5.78 Å². The number of nitriles is 2. The number of hydrogen-bond acceptors (Lipinski definition) is 4. The van der Waals surface area contributed by atoms with Crippen molar-refractivity contribution in [2.75, 3.05) is 0 Å². The Balaban J connectivity index is 3.20. The highest BCUT2D eigenvalue weighted by Gasteiger charge is 2.15. The molecule has 0 N–H and O–H groups in total. The van der Waals surface area contributed by atoms with Gasteiger partial charge in [-0.25, -0.2) is 0 Å². The summed E-state index contributed by atoms with van der Waals surface area (Å²) in [4.78, 5) is 11.5. The molecular weight excluding hydrogens is 204 g/mol. The highest BCUT2D eigenvalue weighted by atomic mass is 16.5. The normalized spacial score (nSPS) is 13.9. The minimum Gasteiger partial charge on any atom is -0.467 e. The van der Waals surface area contributed by atoms with Crippen LogP contribution in [0.2, 0.25) is 0 Å². The van der Waals surface area contributed by atoms with E-state index in [1.165, 1.54) is 0 Å². The fourth-order valence-corrected chi connectivity index (χ4v) is 1.38. The summed E-state index contributed by atoms with van der Waals surface area (Å²) in [5.74, 6) is 0.773. The molecule has 0 aromatic rings. The maximum atomic E-state index is 11.5. The van der Waals surface area contributed by atoms with Crippen molar-refractivity contribution in [3.8, 4) is 12.1 Å². The highest BCUT2D eigenvalue weighted by molar-refractivity contribution is 6.01. The van der Waals surface area contributed by atoms with Crippen LogP contribution in [0.1, 0.15) is 20.3 Å². The molecule has 0 spiro atoms. The topological polar surface area (TPSA) is 73.9 Å². The number of rotatable bonds is 2. The molecule has 16 heavy (non-hydrogen) atoms. The van der Waals surface area contributed by atoms with Crippen molar-refractivity contribution in [3.63, 3.8) is 0 Å². The van der Waals surface area contributed by atoms with Crippen molar-refractivity contribution in [3.05, 3.63) is 34.8 Å². The predicted molar refractivity (Wildman–Crippen MR) is 56.5 cm³/mol. The number of hydrogen-bond donors (Lipinski definition) is 0. The van der Waals surface area contributed by atoms with Crippen molar-refractivity contribution in [1.29, 1.82) is 10.5 Å². The molecule has 0 aliphatic carbocycles. The third-order valence-corrected chi connectivity index (χ3v) is 1.96. The number of ketones is 1. The van der Waals surface area contributed by atoms with Crippen LogP contribution in [0.25, 0.3) is 0 Å². The van der Waals surface area contributed by atoms with Crippen LogP contribution in [0.3, 0.4) is 0 Å². The van der Waals surface area contributed by atoms with Crippen molar-refractivity contribution < 1.29 is 9.53 Å². The van der Waals surface area contributed by atoms with Gasteiger partial charge in [0.15, 0.2) is 5.78 Å². The van der Waals surface area contributed by atoms with E-state index in [1.807, 2.05) is 6.07 Å². The van der Waals surface area contributed by atoms with Gasteiger partial charge in [-0.15, -0.1) is 0 Å². The van der Waals surface area contributed by atoms with E-state index < -0.39 is 5.78 Å². The fraction of sp³-hybridized carbons (Fsp3) is 0.250. The van der Waals surface area contributed by atoms with E-state index in [9.17, 15) is 4.79 Å². The molecular formula is C12H10N2O2. The fourth-order valence-electron chi connectivity index (χ4n) is 1.38. The third-order valence-electron chi connectivity index (χ3n) is 1.96. The smallest absolute Gasteiger partial charge is 0.188 e. The largest absolute Gasteiger partial charge is 0.467 e. The molecule has 0 fully saturated rings. The van der Waals surface area contributed by atoms with Crippen LogP contribution in [-0.2, 0) is 9.53 Å². The minimum absolute atomic E-state index is 0.00329. The van der Waals surface area contributed by atoms with Gasteiger partial charge in [0.05, 0.1) is 12.5 Å². The number of carbonyl (C=O) groups excluding carboxylic acids is 1. The Kier molecular flexibility index (Phi) is 3.63. The van der Waals surface area contributed by atoms with E-state index in [0.29, 0.717) is 17.1 Å². The molecule has 0 aromatic carbocycles. The van der Waals surface area contributed by atoms with Gasteiger partial charge in [0.25, 0.3) is 0 Å². The predicted octanol–water partition coefficient (Wildman–Crippen LogP) is 2.13. The second-order valence-electron chi connectivity index (χ2n) is 3.31. The number of nitrogens with zero attached hydrogens (tertiary/aromatic N) is 2. The minimum atomic E-state index is -0.463. The quantitative estimate of drug-likeness (QED) is 0.521. The first-order valence-electron chi connectivity index (χ1n) is 4.67. The van der Waals surface area contributed by atoms with E-state index in [0.717, 1.165) is 0 Å². The Morgan fingerprint density at radius 1 is 1.31 bits per heavy atom. The summed E-state index contributed by atoms with van der Waals surface area (Å²) < 4.78 is 5.25. The van der Waals surface area contributed by atoms with Gasteiger partial charge >= 0.3 is 0 Å². The molecule has 4 heteroatoms. The van der Waals surface area contributed by atoms with E-state index in [2.05, 4.69) is 0 Å². The van der Waals surface area contributed by atoms with Gasteiger partial charge in [-0.3, -0.25) is 4.79 Å². The molecule has 4 nitrogen and oxygen atoms in total. The van der Waals surface area contributed by atoms with Crippen LogP contribution < -0.4 is 0 Å². The summed E-state index contributed by atoms with van der Waals surface area (Å²) >= 11 is 0. The molecule has 0 bridgehead atoms. The van der Waals surface area contributed by atoms with Gasteiger partial charge in [-0.05, 0) is 26.0 Å². The maximum absolute atomic E-state index is 11.5. The zero-order valence-electron chi connectivity index (χ0n) is 9.07. The lowest BCUT2D eigenvalue weighted by atomic mass is 10.0. The summed E-state index contributed by atoms with van der Waals surface area (Å²) in [6.07, 6.45) is 2.94. The molecule has 1 aliphatic rings. The van der Waals surface area contributed by atoms with Gasteiger partial charge in [0, 0.05) is 5.57 Å². The molecule has 1 aliphatic heterocycles. The summed E-state index contributed by atoms with van der Waals surface area (Å²) in [6, 6.07) is 3.57. The van der Waals surface area contributed by atoms with Gasteiger partial charge in [0.2, 0.25) is 0 Å². The SMILES string of the molecule is CC1=CC(=C(C#N)C(=O)CC#N)C=C(C)O1. The molecule has 1 rings (SSSR count). The monoisotopic (exact) mass is 214 g/mol. The number of ether oxygens (including phenoxy) is 1. The average Bonchev–Trinajstić information content (AvgIpc) is 2.17. The molecule has 0 saturated carbocycles. The lowest BCUT2D eigenvalue weighted by Crippen LogP contribution is -2.05. The molecule has 0 saturated heterocycles. The number of Topliss-reactive ketones (excluding diaryl/α,β-unsaturated/α-hetero) is 1. The summed E-state index contributed by atoms with van der Waals surface area (Å²) in [5, 5.41) is 17.3. The summed E-state index contributed by atoms with van der Waals surface area (Å²) in [6.45, 7) is 3.47. The number of carbonyl (C=O) groups is 1. The van der Waals surface area contributed by atoms with Gasteiger partial charge < -0.3 is 4.74 Å². The molecule has 0 atom stereocenters. The Morgan fingerprint density at radius 2 is 1.88 bits per heavy atom. The van der Waals surface area contributed by atoms with E-state index >= 15 is 0 Å². The molecule has 0 aromatic heterocycles. The zero-order valence-corrected chi connectivity index (χ0v) is 9.07. The van der Waals surface area contributed by atoms with Crippen molar-refractivity contribution in [1.82, 2.24) is 0 Å². The first kappa shape index (κ1) is 11.7. The Hall–Kier alpha value is -2.33. The Labute approximate surface area is 93.7 Å². The van der Waals surface area contributed by atoms with Crippen LogP contribution in [-0.4, -0.2) is 5.78 Å². The lowest BCUT2D eigenvalue weighted by molar-refractivity contribution is -0.114. The van der Waals surface area contributed by atoms with Crippen molar-refractivity contribution in [2.45, 2.75) is 20.3 Å². The lowest BCUT2D eigenvalue weighted by Gasteiger charge is -2.13. The number of allylic oxidation sites excluding steroid dienone is 6. The Bertz CT molecular complexity index is 476. The van der Waals surface area contributed by atoms with Gasteiger partial charge in [0.1, 0.15) is 23.2 Å². The van der Waals surface area contributed by atoms with Crippen LogP contribution in [0.5, 0.6) is 0 Å². The first-order valence-corrected chi connectivity index (χ1v) is 4.67. The summed E-state index contributed by atoms with van der Waals surface area (Å²) in [5.41, 5.74) is 0.507. The Morgan fingerprint density at radius 3 is 2.31 bits per heavy atom. The molecule has 80 valence electrons. The second-order valence-corrected chi connectivity index (χ2v) is 3.31. The van der Waals surface area contributed by atoms with E-state index in [1.54, 1.807) is 32.1 Å². The highest BCUT2D eigenvalue weighted by Crippen LogP contribution is 2.21. The van der Waals surface area contributed by atoms with Crippen molar-refractivity contribution in [2.24, 2.45) is 0 Å². The van der Waals surface area contributed by atoms with Gasteiger partial charge in [-0.2, -0.15) is 10.5 Å². The van der Waals surface area contributed by atoms with Crippen LogP contribution in [0, 0.1) is 22.7 Å². The third kappa shape index (κ3) is 2.59. The molecule has 0 unspecified atom stereocenters. The first-order chi connectivity index (χ1) is 7.58. The van der Waals surface area contributed by atoms with E-state index in [-0.39, 0.29) is 12.0 Å². The maximum Gasteiger partial charge on any atom is 0.188 e. The summed E-state index contributed by atoms with van der Waals surface area (Å²) in [7, 11) is 0.